The summed E-state index contributed by atoms with van der Waals surface area (Å²) in [5.74, 6) is 0.0139. The molecule has 1 atom stereocenters. The van der Waals surface area contributed by atoms with Crippen LogP contribution in [0.2, 0.25) is 5.02 Å². The van der Waals surface area contributed by atoms with Gasteiger partial charge in [0.15, 0.2) is 11.6 Å². The van der Waals surface area contributed by atoms with Crippen molar-refractivity contribution in [2.24, 2.45) is 0 Å². The van der Waals surface area contributed by atoms with Crippen molar-refractivity contribution in [3.63, 3.8) is 0 Å². The molecule has 0 amide bonds. The number of methoxy groups -OCH3 is 1. The highest BCUT2D eigenvalue weighted by Gasteiger charge is 2.14. The first kappa shape index (κ1) is 13.8. The minimum Gasteiger partial charge on any atom is -0.492 e. The summed E-state index contributed by atoms with van der Waals surface area (Å²) in [5.41, 5.74) is 0.536. The first-order valence-corrected chi connectivity index (χ1v) is 6.13. The van der Waals surface area contributed by atoms with Crippen LogP contribution in [0.4, 0.5) is 4.39 Å². The van der Waals surface area contributed by atoms with Crippen LogP contribution in [0.25, 0.3) is 11.4 Å². The number of ether oxygens (including phenoxy) is 1. The zero-order valence-corrected chi connectivity index (χ0v) is 11.4. The van der Waals surface area contributed by atoms with Gasteiger partial charge in [0, 0.05) is 24.5 Å². The van der Waals surface area contributed by atoms with Crippen molar-refractivity contribution in [2.75, 3.05) is 7.11 Å². The highest BCUT2D eigenvalue weighted by Crippen LogP contribution is 2.32. The largest absolute Gasteiger partial charge is 0.492 e. The maximum Gasteiger partial charge on any atom is 0.173 e. The van der Waals surface area contributed by atoms with Crippen LogP contribution in [-0.2, 0) is 6.54 Å². The monoisotopic (exact) mass is 284 g/mol. The van der Waals surface area contributed by atoms with Crippen LogP contribution in [0.5, 0.6) is 5.75 Å². The number of aliphatic hydroxyl groups excluding tert-OH is 1. The van der Waals surface area contributed by atoms with E-state index in [1.807, 2.05) is 0 Å². The molecule has 1 heterocycles. The molecule has 0 spiro atoms. The molecular weight excluding hydrogens is 271 g/mol. The molecule has 0 bridgehead atoms. The Morgan fingerprint density at radius 1 is 1.53 bits per heavy atom. The predicted octanol–water partition coefficient (Wildman–Crippen LogP) is 2.73. The molecule has 0 aliphatic rings. The Kier molecular flexibility index (Phi) is 4.07. The fraction of sp³-hybridized carbons (Fsp3) is 0.308. The van der Waals surface area contributed by atoms with Crippen molar-refractivity contribution >= 4 is 11.6 Å². The van der Waals surface area contributed by atoms with Gasteiger partial charge in [-0.1, -0.05) is 11.6 Å². The van der Waals surface area contributed by atoms with E-state index in [1.54, 1.807) is 30.0 Å². The molecule has 0 radical (unpaired) electrons. The number of nitrogens with zero attached hydrogens (tertiary/aromatic N) is 2. The first-order chi connectivity index (χ1) is 9.02. The molecule has 102 valence electrons. The van der Waals surface area contributed by atoms with E-state index in [0.717, 1.165) is 0 Å². The van der Waals surface area contributed by atoms with E-state index in [1.165, 1.54) is 13.2 Å². The third-order valence-electron chi connectivity index (χ3n) is 2.64. The lowest BCUT2D eigenvalue weighted by atomic mass is 10.2. The van der Waals surface area contributed by atoms with E-state index in [0.29, 0.717) is 17.9 Å². The Hall–Kier alpha value is -1.59. The normalized spacial score (nSPS) is 12.5. The summed E-state index contributed by atoms with van der Waals surface area (Å²) in [5, 5.41) is 9.60. The van der Waals surface area contributed by atoms with Gasteiger partial charge in [0.2, 0.25) is 0 Å². The Morgan fingerprint density at radius 2 is 2.26 bits per heavy atom. The standard InChI is InChI=1S/C13H14ClFN2O2/c1-8(18)7-17-4-3-16-13(17)9-5-10(14)12(19-2)11(15)6-9/h3-6,8,18H,7H2,1-2H3/t8-/m0/s1. The molecule has 0 saturated carbocycles. The van der Waals surface area contributed by atoms with Crippen molar-refractivity contribution < 1.29 is 14.2 Å². The number of aliphatic hydroxyl groups is 1. The zero-order valence-electron chi connectivity index (χ0n) is 10.6. The molecule has 19 heavy (non-hydrogen) atoms. The van der Waals surface area contributed by atoms with Gasteiger partial charge < -0.3 is 14.4 Å². The average Bonchev–Trinajstić information content (AvgIpc) is 2.75. The highest BCUT2D eigenvalue weighted by atomic mass is 35.5. The third kappa shape index (κ3) is 2.88. The maximum absolute atomic E-state index is 13.8. The van der Waals surface area contributed by atoms with Crippen LogP contribution < -0.4 is 4.74 Å². The topological polar surface area (TPSA) is 47.3 Å². The summed E-state index contributed by atoms with van der Waals surface area (Å²) in [6.07, 6.45) is 2.79. The molecular formula is C13H14ClFN2O2. The van der Waals surface area contributed by atoms with E-state index >= 15 is 0 Å². The summed E-state index contributed by atoms with van der Waals surface area (Å²) in [7, 11) is 1.36. The van der Waals surface area contributed by atoms with E-state index in [9.17, 15) is 9.50 Å². The third-order valence-corrected chi connectivity index (χ3v) is 2.92. The fourth-order valence-electron chi connectivity index (χ4n) is 1.89. The molecule has 6 heteroatoms. The van der Waals surface area contributed by atoms with Crippen LogP contribution >= 0.6 is 11.6 Å². The molecule has 4 nitrogen and oxygen atoms in total. The number of benzene rings is 1. The minimum absolute atomic E-state index is 0.0130. The van der Waals surface area contributed by atoms with Crippen LogP contribution in [0.1, 0.15) is 6.92 Å². The quantitative estimate of drug-likeness (QED) is 0.939. The molecule has 2 aromatic rings. The summed E-state index contributed by atoms with van der Waals surface area (Å²) in [6, 6.07) is 2.90. The van der Waals surface area contributed by atoms with Crippen molar-refractivity contribution in [2.45, 2.75) is 19.6 Å². The summed E-state index contributed by atoms with van der Waals surface area (Å²) >= 11 is 5.96. The van der Waals surface area contributed by atoms with E-state index in [2.05, 4.69) is 4.98 Å². The Morgan fingerprint density at radius 3 is 2.84 bits per heavy atom. The van der Waals surface area contributed by atoms with Gasteiger partial charge in [0.1, 0.15) is 5.82 Å². The summed E-state index contributed by atoms with van der Waals surface area (Å²) in [4.78, 5) is 4.16. The molecule has 1 aromatic carbocycles. The second-order valence-corrected chi connectivity index (χ2v) is 4.63. The SMILES string of the molecule is COc1c(F)cc(-c2nccn2C[C@H](C)O)cc1Cl. The van der Waals surface area contributed by atoms with Gasteiger partial charge in [-0.05, 0) is 19.1 Å². The lowest BCUT2D eigenvalue weighted by Crippen LogP contribution is -2.12. The van der Waals surface area contributed by atoms with Gasteiger partial charge in [-0.15, -0.1) is 0 Å². The fourth-order valence-corrected chi connectivity index (χ4v) is 2.17. The molecule has 0 unspecified atom stereocenters. The van der Waals surface area contributed by atoms with Gasteiger partial charge in [-0.3, -0.25) is 0 Å². The number of hydrogen-bond acceptors (Lipinski definition) is 3. The van der Waals surface area contributed by atoms with Crippen molar-refractivity contribution in [1.82, 2.24) is 9.55 Å². The number of hydrogen-bond donors (Lipinski definition) is 1. The second-order valence-electron chi connectivity index (χ2n) is 4.23. The number of imidazole rings is 1. The lowest BCUT2D eigenvalue weighted by Gasteiger charge is -2.11. The van der Waals surface area contributed by atoms with E-state index < -0.39 is 11.9 Å². The summed E-state index contributed by atoms with van der Waals surface area (Å²) in [6.45, 7) is 2.05. The molecule has 1 aromatic heterocycles. The van der Waals surface area contributed by atoms with E-state index in [4.69, 9.17) is 16.3 Å². The van der Waals surface area contributed by atoms with Gasteiger partial charge in [0.05, 0.1) is 18.2 Å². The summed E-state index contributed by atoms with van der Waals surface area (Å²) < 4.78 is 20.4. The first-order valence-electron chi connectivity index (χ1n) is 5.75. The van der Waals surface area contributed by atoms with Crippen LogP contribution in [0, 0.1) is 5.82 Å². The average molecular weight is 285 g/mol. The van der Waals surface area contributed by atoms with Gasteiger partial charge in [-0.2, -0.15) is 0 Å². The van der Waals surface area contributed by atoms with Gasteiger partial charge >= 0.3 is 0 Å². The highest BCUT2D eigenvalue weighted by molar-refractivity contribution is 6.32. The van der Waals surface area contributed by atoms with Crippen molar-refractivity contribution in [1.29, 1.82) is 0 Å². The van der Waals surface area contributed by atoms with Crippen LogP contribution in [-0.4, -0.2) is 27.9 Å². The number of rotatable bonds is 4. The molecule has 2 rings (SSSR count). The smallest absolute Gasteiger partial charge is 0.173 e. The Balaban J connectivity index is 2.45. The van der Waals surface area contributed by atoms with Gasteiger partial charge in [0.25, 0.3) is 0 Å². The van der Waals surface area contributed by atoms with Crippen LogP contribution in [0.3, 0.4) is 0 Å². The van der Waals surface area contributed by atoms with Gasteiger partial charge in [-0.25, -0.2) is 9.37 Å². The molecule has 0 aliphatic carbocycles. The zero-order chi connectivity index (χ0) is 14.0. The van der Waals surface area contributed by atoms with Crippen molar-refractivity contribution in [3.8, 4) is 17.1 Å². The minimum atomic E-state index is -0.545. The lowest BCUT2D eigenvalue weighted by molar-refractivity contribution is 0.174. The molecule has 0 saturated heterocycles. The predicted molar refractivity (Wildman–Crippen MR) is 70.9 cm³/mol. The number of aromatic nitrogens is 2. The van der Waals surface area contributed by atoms with E-state index in [-0.39, 0.29) is 10.8 Å². The van der Waals surface area contributed by atoms with Crippen molar-refractivity contribution in [3.05, 3.63) is 35.4 Å². The molecule has 0 fully saturated rings. The van der Waals surface area contributed by atoms with Crippen LogP contribution in [0.15, 0.2) is 24.5 Å². The number of halogens is 2. The Labute approximate surface area is 115 Å². The molecule has 1 N–H and O–H groups in total. The second kappa shape index (κ2) is 5.59. The Bertz CT molecular complexity index is 561. The maximum atomic E-state index is 13.8. The molecule has 0 aliphatic heterocycles.